The molecule has 1 aromatic heterocycles. The Morgan fingerprint density at radius 2 is 1.96 bits per heavy atom. The highest BCUT2D eigenvalue weighted by Crippen LogP contribution is 2.31. The summed E-state index contributed by atoms with van der Waals surface area (Å²) in [5.74, 6) is 1.04. The Balaban J connectivity index is 1.68. The molecule has 0 unspecified atom stereocenters. The van der Waals surface area contributed by atoms with E-state index in [2.05, 4.69) is 53.5 Å². The molecule has 0 radical (unpaired) electrons. The van der Waals surface area contributed by atoms with Crippen LogP contribution in [0.3, 0.4) is 0 Å². The van der Waals surface area contributed by atoms with Gasteiger partial charge in [-0.1, -0.05) is 18.6 Å². The first-order valence-electron chi connectivity index (χ1n) is 9.60. The molecular weight excluding hydrogens is 310 g/mol. The molecule has 0 N–H and O–H groups in total. The summed E-state index contributed by atoms with van der Waals surface area (Å²) < 4.78 is 2.30. The fourth-order valence-electron chi connectivity index (χ4n) is 4.37. The van der Waals surface area contributed by atoms with Crippen LogP contribution in [0.2, 0.25) is 0 Å². The zero-order chi connectivity index (χ0) is 17.6. The molecule has 1 saturated heterocycles. The Hall–Kier alpha value is -1.81. The number of likely N-dealkylation sites (N-methyl/N-ethyl adjacent to an activating group) is 1. The summed E-state index contributed by atoms with van der Waals surface area (Å²) in [7, 11) is 2.18. The Bertz CT molecular complexity index is 799. The van der Waals surface area contributed by atoms with Crippen molar-refractivity contribution in [3.05, 3.63) is 35.0 Å². The van der Waals surface area contributed by atoms with Gasteiger partial charge in [-0.3, -0.25) is 4.79 Å². The first kappa shape index (κ1) is 16.6. The minimum absolute atomic E-state index is 0.283. The van der Waals surface area contributed by atoms with Crippen molar-refractivity contribution in [1.82, 2.24) is 14.4 Å². The van der Waals surface area contributed by atoms with E-state index in [1.165, 1.54) is 27.7 Å². The molecule has 0 aliphatic carbocycles. The van der Waals surface area contributed by atoms with Gasteiger partial charge in [0.1, 0.15) is 6.54 Å². The van der Waals surface area contributed by atoms with Crippen LogP contribution in [0.1, 0.15) is 36.6 Å². The number of hydrogen-bond acceptors (Lipinski definition) is 2. The molecule has 2 aliphatic heterocycles. The summed E-state index contributed by atoms with van der Waals surface area (Å²) in [6, 6.07) is 6.66. The molecule has 3 heterocycles. The summed E-state index contributed by atoms with van der Waals surface area (Å²) >= 11 is 0. The van der Waals surface area contributed by atoms with Crippen LogP contribution < -0.4 is 0 Å². The van der Waals surface area contributed by atoms with Gasteiger partial charge < -0.3 is 14.4 Å². The van der Waals surface area contributed by atoms with E-state index in [-0.39, 0.29) is 5.91 Å². The van der Waals surface area contributed by atoms with Gasteiger partial charge in [-0.15, -0.1) is 0 Å². The molecule has 0 atom stereocenters. The van der Waals surface area contributed by atoms with Gasteiger partial charge in [0, 0.05) is 49.2 Å². The van der Waals surface area contributed by atoms with Crippen molar-refractivity contribution < 1.29 is 4.79 Å². The number of carbonyl (C=O) groups is 1. The second-order valence-electron chi connectivity index (χ2n) is 8.08. The number of hydrogen-bond donors (Lipinski definition) is 0. The van der Waals surface area contributed by atoms with Gasteiger partial charge in [0.25, 0.3) is 0 Å². The number of aryl methyl sites for hydroxylation is 1. The van der Waals surface area contributed by atoms with E-state index >= 15 is 0 Å². The van der Waals surface area contributed by atoms with E-state index in [1.807, 2.05) is 0 Å². The largest absolute Gasteiger partial charge is 0.341 e. The van der Waals surface area contributed by atoms with Crippen molar-refractivity contribution in [2.24, 2.45) is 5.92 Å². The lowest BCUT2D eigenvalue weighted by atomic mass is 9.99. The summed E-state index contributed by atoms with van der Waals surface area (Å²) in [5, 5.41) is 1.33. The van der Waals surface area contributed by atoms with Crippen LogP contribution in [0.4, 0.5) is 0 Å². The Labute approximate surface area is 150 Å². The van der Waals surface area contributed by atoms with Crippen LogP contribution in [-0.2, 0) is 24.3 Å². The van der Waals surface area contributed by atoms with Crippen LogP contribution in [0.25, 0.3) is 10.9 Å². The summed E-state index contributed by atoms with van der Waals surface area (Å²) in [4.78, 5) is 17.4. The number of rotatable bonds is 2. The molecule has 1 amide bonds. The second kappa shape index (κ2) is 6.49. The lowest BCUT2D eigenvalue weighted by Crippen LogP contribution is -2.40. The molecular formula is C21H29N3O. The molecule has 0 spiro atoms. The van der Waals surface area contributed by atoms with Gasteiger partial charge in [0.2, 0.25) is 5.91 Å². The van der Waals surface area contributed by atoms with Gasteiger partial charge in [0.15, 0.2) is 0 Å². The zero-order valence-electron chi connectivity index (χ0n) is 15.7. The molecule has 2 aliphatic rings. The highest BCUT2D eigenvalue weighted by Gasteiger charge is 2.26. The van der Waals surface area contributed by atoms with Gasteiger partial charge in [-0.05, 0) is 50.4 Å². The van der Waals surface area contributed by atoms with Crippen molar-refractivity contribution in [1.29, 1.82) is 0 Å². The lowest BCUT2D eigenvalue weighted by Gasteiger charge is -2.31. The summed E-state index contributed by atoms with van der Waals surface area (Å²) in [6.07, 6.45) is 3.31. The fraction of sp³-hybridized carbons (Fsp3) is 0.571. The fourth-order valence-corrected chi connectivity index (χ4v) is 4.37. The van der Waals surface area contributed by atoms with Crippen molar-refractivity contribution in [2.45, 2.75) is 46.2 Å². The third kappa shape index (κ3) is 3.08. The van der Waals surface area contributed by atoms with E-state index in [9.17, 15) is 4.79 Å². The quantitative estimate of drug-likeness (QED) is 0.841. The molecule has 1 aromatic carbocycles. The number of amides is 1. The molecule has 4 heteroatoms. The minimum Gasteiger partial charge on any atom is -0.341 e. The standard InChI is InChI=1S/C21H29N3O/c1-15-6-10-23(11-7-15)21(25)14-24-19-5-4-16(2)12-17(19)18-13-22(3)9-8-20(18)24/h4-5,12,15H,6-11,13-14H2,1-3H3. The number of piperidine rings is 1. The average Bonchev–Trinajstić information content (AvgIpc) is 2.88. The maximum atomic E-state index is 12.9. The number of aromatic nitrogens is 1. The Morgan fingerprint density at radius 1 is 1.20 bits per heavy atom. The van der Waals surface area contributed by atoms with E-state index < -0.39 is 0 Å². The number of fused-ring (bicyclic) bond motifs is 3. The predicted molar refractivity (Wildman–Crippen MR) is 102 cm³/mol. The third-order valence-electron chi connectivity index (χ3n) is 6.03. The van der Waals surface area contributed by atoms with Crippen molar-refractivity contribution in [3.63, 3.8) is 0 Å². The van der Waals surface area contributed by atoms with Gasteiger partial charge in [-0.25, -0.2) is 0 Å². The molecule has 4 rings (SSSR count). The monoisotopic (exact) mass is 339 g/mol. The summed E-state index contributed by atoms with van der Waals surface area (Å²) in [6.45, 7) is 8.82. The zero-order valence-corrected chi connectivity index (χ0v) is 15.7. The van der Waals surface area contributed by atoms with Crippen molar-refractivity contribution in [3.8, 4) is 0 Å². The number of benzene rings is 1. The van der Waals surface area contributed by atoms with Crippen LogP contribution in [-0.4, -0.2) is 47.0 Å². The Kier molecular flexibility index (Phi) is 4.32. The van der Waals surface area contributed by atoms with Crippen LogP contribution in [0.5, 0.6) is 0 Å². The first-order chi connectivity index (χ1) is 12.0. The minimum atomic E-state index is 0.283. The second-order valence-corrected chi connectivity index (χ2v) is 8.08. The van der Waals surface area contributed by atoms with Crippen molar-refractivity contribution >= 4 is 16.8 Å². The predicted octanol–water partition coefficient (Wildman–Crippen LogP) is 3.20. The van der Waals surface area contributed by atoms with Crippen molar-refractivity contribution in [2.75, 3.05) is 26.7 Å². The average molecular weight is 339 g/mol. The number of nitrogens with zero attached hydrogens (tertiary/aromatic N) is 3. The maximum Gasteiger partial charge on any atom is 0.242 e. The normalized spacial score (nSPS) is 19.4. The molecule has 1 fully saturated rings. The number of carbonyl (C=O) groups excluding carboxylic acids is 1. The summed E-state index contributed by atoms with van der Waals surface area (Å²) in [5.41, 5.74) is 5.31. The molecule has 0 saturated carbocycles. The molecule has 134 valence electrons. The van der Waals surface area contributed by atoms with Crippen LogP contribution >= 0.6 is 0 Å². The van der Waals surface area contributed by atoms with E-state index in [0.717, 1.165) is 51.4 Å². The van der Waals surface area contributed by atoms with Gasteiger partial charge >= 0.3 is 0 Å². The van der Waals surface area contributed by atoms with E-state index in [4.69, 9.17) is 0 Å². The first-order valence-corrected chi connectivity index (χ1v) is 9.60. The van der Waals surface area contributed by atoms with E-state index in [0.29, 0.717) is 6.54 Å². The van der Waals surface area contributed by atoms with Gasteiger partial charge in [0.05, 0.1) is 0 Å². The lowest BCUT2D eigenvalue weighted by molar-refractivity contribution is -0.133. The molecule has 4 nitrogen and oxygen atoms in total. The van der Waals surface area contributed by atoms with Gasteiger partial charge in [-0.2, -0.15) is 0 Å². The highest BCUT2D eigenvalue weighted by atomic mass is 16.2. The molecule has 25 heavy (non-hydrogen) atoms. The van der Waals surface area contributed by atoms with E-state index in [1.54, 1.807) is 0 Å². The SMILES string of the molecule is Cc1ccc2c(c1)c1c(n2CC(=O)N2CCC(C)CC2)CCN(C)C1. The number of likely N-dealkylation sites (tertiary alicyclic amines) is 1. The highest BCUT2D eigenvalue weighted by molar-refractivity contribution is 5.88. The topological polar surface area (TPSA) is 28.5 Å². The van der Waals surface area contributed by atoms with Crippen LogP contribution in [0, 0.1) is 12.8 Å². The smallest absolute Gasteiger partial charge is 0.242 e. The molecule has 0 bridgehead atoms. The maximum absolute atomic E-state index is 12.9. The van der Waals surface area contributed by atoms with Crippen LogP contribution in [0.15, 0.2) is 18.2 Å². The third-order valence-corrected chi connectivity index (χ3v) is 6.03. The Morgan fingerprint density at radius 3 is 2.72 bits per heavy atom. The molecule has 2 aromatic rings.